The molecule has 0 fully saturated rings. The third kappa shape index (κ3) is 4.64. The average molecular weight is 299 g/mol. The summed E-state index contributed by atoms with van der Waals surface area (Å²) in [5.41, 5.74) is 4.48. The van der Waals surface area contributed by atoms with Crippen LogP contribution >= 0.6 is 11.8 Å². The summed E-state index contributed by atoms with van der Waals surface area (Å²) in [4.78, 5) is 12.0. The quantitative estimate of drug-likeness (QED) is 0.818. The lowest BCUT2D eigenvalue weighted by Crippen LogP contribution is -2.26. The molecule has 0 aliphatic carbocycles. The number of rotatable bonds is 6. The highest BCUT2D eigenvalue weighted by Crippen LogP contribution is 2.15. The second kappa shape index (κ2) is 7.89. The van der Waals surface area contributed by atoms with Crippen LogP contribution < -0.4 is 5.32 Å². The van der Waals surface area contributed by atoms with Crippen molar-refractivity contribution in [3.63, 3.8) is 0 Å². The van der Waals surface area contributed by atoms with Crippen LogP contribution in [0.4, 0.5) is 0 Å². The van der Waals surface area contributed by atoms with Crippen LogP contribution in [0, 0.1) is 13.8 Å². The van der Waals surface area contributed by atoms with Gasteiger partial charge < -0.3 is 5.32 Å². The van der Waals surface area contributed by atoms with Gasteiger partial charge in [0.2, 0.25) is 0 Å². The number of hydrogen-bond acceptors (Lipinski definition) is 2. The highest BCUT2D eigenvalue weighted by molar-refractivity contribution is 7.98. The average Bonchev–Trinajstić information content (AvgIpc) is 2.49. The van der Waals surface area contributed by atoms with Crippen molar-refractivity contribution in [1.82, 2.24) is 5.32 Å². The van der Waals surface area contributed by atoms with E-state index in [2.05, 4.69) is 36.5 Å². The second-order valence-electron chi connectivity index (χ2n) is 5.05. The van der Waals surface area contributed by atoms with Gasteiger partial charge in [-0.25, -0.2) is 0 Å². The van der Waals surface area contributed by atoms with E-state index in [0.717, 1.165) is 22.6 Å². The van der Waals surface area contributed by atoms with Gasteiger partial charge in [-0.3, -0.25) is 4.79 Å². The number of aryl methyl sites for hydroxylation is 2. The summed E-state index contributed by atoms with van der Waals surface area (Å²) < 4.78 is 0. The van der Waals surface area contributed by atoms with Gasteiger partial charge in [-0.05, 0) is 36.6 Å². The van der Waals surface area contributed by atoms with Gasteiger partial charge in [0.15, 0.2) is 0 Å². The van der Waals surface area contributed by atoms with E-state index >= 15 is 0 Å². The predicted octanol–water partition coefficient (Wildman–Crippen LogP) is 3.97. The Balaban J connectivity index is 1.72. The lowest BCUT2D eigenvalue weighted by molar-refractivity contribution is 0.0955. The molecular formula is C18H21NOS. The molecule has 21 heavy (non-hydrogen) atoms. The Morgan fingerprint density at radius 2 is 1.67 bits per heavy atom. The topological polar surface area (TPSA) is 29.1 Å². The fraction of sp³-hybridized carbons (Fsp3) is 0.278. The molecule has 0 aliphatic rings. The lowest BCUT2D eigenvalue weighted by Gasteiger charge is -2.08. The lowest BCUT2D eigenvalue weighted by atomic mass is 10.1. The van der Waals surface area contributed by atoms with E-state index < -0.39 is 0 Å². The van der Waals surface area contributed by atoms with Gasteiger partial charge in [0.25, 0.3) is 5.91 Å². The van der Waals surface area contributed by atoms with Crippen molar-refractivity contribution in [1.29, 1.82) is 0 Å². The number of hydrogen-bond donors (Lipinski definition) is 1. The third-order valence-electron chi connectivity index (χ3n) is 3.44. The molecule has 0 bridgehead atoms. The van der Waals surface area contributed by atoms with E-state index in [4.69, 9.17) is 0 Å². The summed E-state index contributed by atoms with van der Waals surface area (Å²) in [6.07, 6.45) is 0. The summed E-state index contributed by atoms with van der Waals surface area (Å²) in [6, 6.07) is 16.1. The van der Waals surface area contributed by atoms with Gasteiger partial charge in [-0.2, -0.15) is 11.8 Å². The molecule has 1 amide bonds. The van der Waals surface area contributed by atoms with E-state index in [0.29, 0.717) is 6.54 Å². The molecule has 0 heterocycles. The van der Waals surface area contributed by atoms with Gasteiger partial charge in [0.05, 0.1) is 0 Å². The molecule has 0 radical (unpaired) electrons. The Hall–Kier alpha value is -1.74. The Kier molecular flexibility index (Phi) is 5.88. The van der Waals surface area contributed by atoms with E-state index in [9.17, 15) is 4.79 Å². The molecule has 110 valence electrons. The molecule has 3 heteroatoms. The van der Waals surface area contributed by atoms with E-state index in [1.807, 2.05) is 43.0 Å². The number of amides is 1. The minimum absolute atomic E-state index is 0.0181. The first-order chi connectivity index (χ1) is 10.2. The van der Waals surface area contributed by atoms with Crippen LogP contribution in [-0.4, -0.2) is 18.2 Å². The normalized spacial score (nSPS) is 10.4. The molecule has 0 saturated heterocycles. The minimum atomic E-state index is 0.0181. The standard InChI is InChI=1S/C18H21NOS/c1-14-7-3-5-9-16(14)13-21-12-11-19-18(20)17-10-6-4-8-15(17)2/h3-10H,11-13H2,1-2H3,(H,19,20). The molecule has 1 N–H and O–H groups in total. The predicted molar refractivity (Wildman–Crippen MR) is 90.9 cm³/mol. The monoisotopic (exact) mass is 299 g/mol. The first-order valence-corrected chi connectivity index (χ1v) is 8.30. The largest absolute Gasteiger partial charge is 0.351 e. The third-order valence-corrected chi connectivity index (χ3v) is 4.45. The Bertz CT molecular complexity index is 610. The first kappa shape index (κ1) is 15.6. The molecule has 2 nitrogen and oxygen atoms in total. The number of carbonyl (C=O) groups is 1. The first-order valence-electron chi connectivity index (χ1n) is 7.14. The molecule has 0 aromatic heterocycles. The smallest absolute Gasteiger partial charge is 0.251 e. The Labute approximate surface area is 131 Å². The number of carbonyl (C=O) groups excluding carboxylic acids is 1. The fourth-order valence-corrected chi connectivity index (χ4v) is 3.05. The molecule has 2 aromatic rings. The second-order valence-corrected chi connectivity index (χ2v) is 6.16. The van der Waals surface area contributed by atoms with Crippen LogP contribution in [0.3, 0.4) is 0 Å². The van der Waals surface area contributed by atoms with Crippen LogP contribution in [0.15, 0.2) is 48.5 Å². The molecule has 0 unspecified atom stereocenters. The fourth-order valence-electron chi connectivity index (χ4n) is 2.11. The van der Waals surface area contributed by atoms with Crippen LogP contribution in [0.5, 0.6) is 0 Å². The van der Waals surface area contributed by atoms with Crippen molar-refractivity contribution in [2.24, 2.45) is 0 Å². The zero-order valence-corrected chi connectivity index (χ0v) is 13.4. The molecular weight excluding hydrogens is 278 g/mol. The highest BCUT2D eigenvalue weighted by atomic mass is 32.2. The zero-order valence-electron chi connectivity index (χ0n) is 12.6. The van der Waals surface area contributed by atoms with Crippen molar-refractivity contribution in [2.75, 3.05) is 12.3 Å². The van der Waals surface area contributed by atoms with E-state index in [-0.39, 0.29) is 5.91 Å². The summed E-state index contributed by atoms with van der Waals surface area (Å²) in [7, 11) is 0. The van der Waals surface area contributed by atoms with Gasteiger partial charge >= 0.3 is 0 Å². The van der Waals surface area contributed by atoms with Gasteiger partial charge in [0, 0.05) is 23.6 Å². The molecule has 0 aliphatic heterocycles. The SMILES string of the molecule is Cc1ccccc1CSCCNC(=O)c1ccccc1C. The molecule has 0 atom stereocenters. The summed E-state index contributed by atoms with van der Waals surface area (Å²) in [5.74, 6) is 1.93. The van der Waals surface area contributed by atoms with E-state index in [1.54, 1.807) is 0 Å². The molecule has 2 aromatic carbocycles. The van der Waals surface area contributed by atoms with Gasteiger partial charge in [-0.15, -0.1) is 0 Å². The van der Waals surface area contributed by atoms with Crippen molar-refractivity contribution in [2.45, 2.75) is 19.6 Å². The molecule has 0 spiro atoms. The maximum absolute atomic E-state index is 12.0. The Morgan fingerprint density at radius 3 is 2.38 bits per heavy atom. The van der Waals surface area contributed by atoms with Crippen molar-refractivity contribution in [3.8, 4) is 0 Å². The van der Waals surface area contributed by atoms with Gasteiger partial charge in [-0.1, -0.05) is 42.5 Å². The number of thioether (sulfide) groups is 1. The highest BCUT2D eigenvalue weighted by Gasteiger charge is 2.06. The maximum atomic E-state index is 12.0. The Morgan fingerprint density at radius 1 is 1.00 bits per heavy atom. The number of nitrogens with one attached hydrogen (secondary N) is 1. The number of benzene rings is 2. The van der Waals surface area contributed by atoms with Crippen molar-refractivity contribution < 1.29 is 4.79 Å². The van der Waals surface area contributed by atoms with Crippen LogP contribution in [-0.2, 0) is 5.75 Å². The zero-order chi connectivity index (χ0) is 15.1. The minimum Gasteiger partial charge on any atom is -0.351 e. The molecule has 2 rings (SSSR count). The molecule has 0 saturated carbocycles. The van der Waals surface area contributed by atoms with Crippen molar-refractivity contribution in [3.05, 3.63) is 70.8 Å². The maximum Gasteiger partial charge on any atom is 0.251 e. The van der Waals surface area contributed by atoms with E-state index in [1.165, 1.54) is 11.1 Å². The summed E-state index contributed by atoms with van der Waals surface area (Å²) in [5, 5.41) is 2.98. The summed E-state index contributed by atoms with van der Waals surface area (Å²) in [6.45, 7) is 4.79. The summed E-state index contributed by atoms with van der Waals surface area (Å²) >= 11 is 1.85. The van der Waals surface area contributed by atoms with Crippen LogP contribution in [0.25, 0.3) is 0 Å². The van der Waals surface area contributed by atoms with Crippen molar-refractivity contribution >= 4 is 17.7 Å². The van der Waals surface area contributed by atoms with Crippen LogP contribution in [0.2, 0.25) is 0 Å². The van der Waals surface area contributed by atoms with Gasteiger partial charge in [0.1, 0.15) is 0 Å². The van der Waals surface area contributed by atoms with Crippen LogP contribution in [0.1, 0.15) is 27.0 Å².